The van der Waals surface area contributed by atoms with Crippen LogP contribution in [0.1, 0.15) is 0 Å². The van der Waals surface area contributed by atoms with Crippen LogP contribution in [0.5, 0.6) is 5.75 Å². The molecular formula is C14H12N4O3S. The summed E-state index contributed by atoms with van der Waals surface area (Å²) in [6.45, 7) is 0. The smallest absolute Gasteiger partial charge is 0.187 e. The minimum atomic E-state index is -3.24. The van der Waals surface area contributed by atoms with Gasteiger partial charge in [-0.2, -0.15) is 4.68 Å². The van der Waals surface area contributed by atoms with Crippen LogP contribution in [0.25, 0.3) is 17.1 Å². The minimum absolute atomic E-state index is 0.149. The molecule has 0 fully saturated rings. The summed E-state index contributed by atoms with van der Waals surface area (Å²) in [5, 5.41) is 20.9. The van der Waals surface area contributed by atoms with E-state index in [0.717, 1.165) is 6.26 Å². The third-order valence-corrected chi connectivity index (χ3v) is 4.23. The number of sulfone groups is 1. The van der Waals surface area contributed by atoms with Gasteiger partial charge in [0.25, 0.3) is 0 Å². The van der Waals surface area contributed by atoms with Crippen molar-refractivity contribution >= 4 is 9.84 Å². The molecule has 1 N–H and O–H groups in total. The van der Waals surface area contributed by atoms with E-state index in [-0.39, 0.29) is 10.6 Å². The number of aromatic nitrogens is 4. The molecule has 0 amide bonds. The van der Waals surface area contributed by atoms with Crippen molar-refractivity contribution in [2.24, 2.45) is 0 Å². The van der Waals surface area contributed by atoms with Crippen LogP contribution in [-0.4, -0.2) is 40.0 Å². The SMILES string of the molecule is CS(=O)(=O)c1ccc(-c2nnnn2-c2ccc(O)cc2)cc1. The Hall–Kier alpha value is -2.74. The van der Waals surface area contributed by atoms with Crippen molar-refractivity contribution in [3.8, 4) is 22.8 Å². The van der Waals surface area contributed by atoms with Gasteiger partial charge in [-0.1, -0.05) is 0 Å². The van der Waals surface area contributed by atoms with E-state index in [2.05, 4.69) is 15.5 Å². The zero-order valence-corrected chi connectivity index (χ0v) is 12.4. The lowest BCUT2D eigenvalue weighted by atomic mass is 10.2. The summed E-state index contributed by atoms with van der Waals surface area (Å²) >= 11 is 0. The van der Waals surface area contributed by atoms with Crippen LogP contribution in [0.3, 0.4) is 0 Å². The Morgan fingerprint density at radius 3 is 2.23 bits per heavy atom. The van der Waals surface area contributed by atoms with Gasteiger partial charge >= 0.3 is 0 Å². The summed E-state index contributed by atoms with van der Waals surface area (Å²) in [6, 6.07) is 12.8. The number of phenols is 1. The van der Waals surface area contributed by atoms with Crippen molar-refractivity contribution in [1.82, 2.24) is 20.2 Å². The standard InChI is InChI=1S/C14H12N4O3S/c1-22(20,21)13-8-2-10(3-9-13)14-15-16-17-18(14)11-4-6-12(19)7-5-11/h2-9,19H,1H3. The molecule has 0 aliphatic heterocycles. The van der Waals surface area contributed by atoms with Crippen LogP contribution in [0.2, 0.25) is 0 Å². The topological polar surface area (TPSA) is 98.0 Å². The Morgan fingerprint density at radius 1 is 1.00 bits per heavy atom. The Labute approximate surface area is 126 Å². The van der Waals surface area contributed by atoms with E-state index in [1.54, 1.807) is 24.3 Å². The maximum Gasteiger partial charge on any atom is 0.187 e. The monoisotopic (exact) mass is 316 g/mol. The van der Waals surface area contributed by atoms with E-state index in [1.807, 2.05) is 0 Å². The van der Waals surface area contributed by atoms with E-state index in [1.165, 1.54) is 28.9 Å². The van der Waals surface area contributed by atoms with Crippen molar-refractivity contribution in [2.45, 2.75) is 4.90 Å². The van der Waals surface area contributed by atoms with E-state index >= 15 is 0 Å². The summed E-state index contributed by atoms with van der Waals surface area (Å²) < 4.78 is 24.5. The third kappa shape index (κ3) is 2.68. The van der Waals surface area contributed by atoms with Crippen LogP contribution < -0.4 is 0 Å². The van der Waals surface area contributed by atoms with Gasteiger partial charge in [-0.15, -0.1) is 5.10 Å². The molecule has 0 aliphatic carbocycles. The molecule has 1 heterocycles. The fourth-order valence-electron chi connectivity index (χ4n) is 1.99. The number of hydrogen-bond donors (Lipinski definition) is 1. The first-order valence-corrected chi connectivity index (χ1v) is 8.22. The first-order chi connectivity index (χ1) is 10.4. The summed E-state index contributed by atoms with van der Waals surface area (Å²) in [4.78, 5) is 0.236. The van der Waals surface area contributed by atoms with E-state index < -0.39 is 9.84 Å². The molecule has 3 rings (SSSR count). The van der Waals surface area contributed by atoms with Gasteiger partial charge < -0.3 is 5.11 Å². The Bertz CT molecular complexity index is 900. The molecule has 0 atom stereocenters. The summed E-state index contributed by atoms with van der Waals surface area (Å²) in [7, 11) is -3.24. The second-order valence-electron chi connectivity index (χ2n) is 4.73. The molecule has 0 unspecified atom stereocenters. The van der Waals surface area contributed by atoms with Gasteiger partial charge in [0, 0.05) is 11.8 Å². The van der Waals surface area contributed by atoms with Crippen LogP contribution in [0.4, 0.5) is 0 Å². The fourth-order valence-corrected chi connectivity index (χ4v) is 2.62. The summed E-state index contributed by atoms with van der Waals surface area (Å²) in [6.07, 6.45) is 1.16. The van der Waals surface area contributed by atoms with E-state index in [0.29, 0.717) is 17.1 Å². The Balaban J connectivity index is 2.03. The number of benzene rings is 2. The summed E-state index contributed by atoms with van der Waals surface area (Å²) in [5.74, 6) is 0.627. The Kier molecular flexibility index (Phi) is 3.38. The highest BCUT2D eigenvalue weighted by atomic mass is 32.2. The molecule has 8 heteroatoms. The first kappa shape index (κ1) is 14.2. The van der Waals surface area contributed by atoms with E-state index in [4.69, 9.17) is 0 Å². The molecule has 112 valence electrons. The lowest BCUT2D eigenvalue weighted by Gasteiger charge is -2.05. The van der Waals surface area contributed by atoms with Crippen LogP contribution in [-0.2, 0) is 9.84 Å². The molecule has 2 aromatic carbocycles. The molecule has 0 radical (unpaired) electrons. The number of aromatic hydroxyl groups is 1. The highest BCUT2D eigenvalue weighted by molar-refractivity contribution is 7.90. The zero-order valence-electron chi connectivity index (χ0n) is 11.6. The molecule has 0 spiro atoms. The first-order valence-electron chi connectivity index (χ1n) is 6.33. The predicted octanol–water partition coefficient (Wildman–Crippen LogP) is 1.44. The molecule has 7 nitrogen and oxygen atoms in total. The second-order valence-corrected chi connectivity index (χ2v) is 6.74. The van der Waals surface area contributed by atoms with Crippen molar-refractivity contribution in [1.29, 1.82) is 0 Å². The third-order valence-electron chi connectivity index (χ3n) is 3.10. The molecule has 22 heavy (non-hydrogen) atoms. The average Bonchev–Trinajstić information content (AvgIpc) is 2.97. The number of hydrogen-bond acceptors (Lipinski definition) is 6. The molecule has 0 saturated heterocycles. The maximum absolute atomic E-state index is 11.5. The highest BCUT2D eigenvalue weighted by Crippen LogP contribution is 2.22. The van der Waals surface area contributed by atoms with Crippen LogP contribution in [0, 0.1) is 0 Å². The second kappa shape index (κ2) is 5.23. The largest absolute Gasteiger partial charge is 0.508 e. The van der Waals surface area contributed by atoms with Crippen LogP contribution in [0.15, 0.2) is 53.4 Å². The van der Waals surface area contributed by atoms with Crippen molar-refractivity contribution < 1.29 is 13.5 Å². The van der Waals surface area contributed by atoms with E-state index in [9.17, 15) is 13.5 Å². The normalized spacial score (nSPS) is 11.5. The van der Waals surface area contributed by atoms with Crippen molar-refractivity contribution in [3.05, 3.63) is 48.5 Å². The van der Waals surface area contributed by atoms with Gasteiger partial charge in [0.1, 0.15) is 5.75 Å². The molecule has 3 aromatic rings. The van der Waals surface area contributed by atoms with Crippen molar-refractivity contribution in [2.75, 3.05) is 6.26 Å². The molecule has 0 bridgehead atoms. The number of nitrogens with zero attached hydrogens (tertiary/aromatic N) is 4. The maximum atomic E-state index is 11.5. The quantitative estimate of drug-likeness (QED) is 0.785. The Morgan fingerprint density at radius 2 is 1.64 bits per heavy atom. The van der Waals surface area contributed by atoms with Gasteiger partial charge in [0.05, 0.1) is 10.6 Å². The number of rotatable bonds is 3. The highest BCUT2D eigenvalue weighted by Gasteiger charge is 2.12. The molecule has 0 aliphatic rings. The van der Waals surface area contributed by atoms with Gasteiger partial charge in [0.15, 0.2) is 15.7 Å². The fraction of sp³-hybridized carbons (Fsp3) is 0.0714. The van der Waals surface area contributed by atoms with Crippen LogP contribution >= 0.6 is 0 Å². The van der Waals surface area contributed by atoms with Gasteiger partial charge in [-0.3, -0.25) is 0 Å². The molecule has 0 saturated carbocycles. The van der Waals surface area contributed by atoms with Crippen molar-refractivity contribution in [3.63, 3.8) is 0 Å². The lowest BCUT2D eigenvalue weighted by molar-refractivity contribution is 0.475. The van der Waals surface area contributed by atoms with Gasteiger partial charge in [-0.25, -0.2) is 8.42 Å². The zero-order chi connectivity index (χ0) is 15.7. The average molecular weight is 316 g/mol. The van der Waals surface area contributed by atoms with Gasteiger partial charge in [0.2, 0.25) is 0 Å². The number of tetrazole rings is 1. The number of phenolic OH excluding ortho intramolecular Hbond substituents is 1. The molecule has 1 aromatic heterocycles. The lowest BCUT2D eigenvalue weighted by Crippen LogP contribution is -2.00. The molecular weight excluding hydrogens is 304 g/mol. The predicted molar refractivity (Wildman–Crippen MR) is 79.4 cm³/mol. The minimum Gasteiger partial charge on any atom is -0.508 e. The van der Waals surface area contributed by atoms with Gasteiger partial charge in [-0.05, 0) is 59.0 Å². The summed E-state index contributed by atoms with van der Waals surface area (Å²) in [5.41, 5.74) is 1.37.